The topological polar surface area (TPSA) is 71.0 Å². The van der Waals surface area contributed by atoms with Gasteiger partial charge in [0.1, 0.15) is 17.9 Å². The van der Waals surface area contributed by atoms with Gasteiger partial charge in [-0.3, -0.25) is 0 Å². The van der Waals surface area contributed by atoms with Crippen LogP contribution in [0.25, 0.3) is 11.0 Å². The lowest BCUT2D eigenvalue weighted by Gasteiger charge is -2.39. The van der Waals surface area contributed by atoms with E-state index in [0.717, 1.165) is 25.1 Å². The molecule has 0 aliphatic heterocycles. The maximum Gasteiger partial charge on any atom is 0.398 e. The van der Waals surface area contributed by atoms with Crippen molar-refractivity contribution in [2.45, 2.75) is 43.9 Å². The van der Waals surface area contributed by atoms with Gasteiger partial charge in [-0.25, -0.2) is 14.4 Å². The van der Waals surface area contributed by atoms with Crippen molar-refractivity contribution in [2.75, 3.05) is 7.11 Å². The number of fused-ring (bicyclic) bond motifs is 1. The first-order valence-electron chi connectivity index (χ1n) is 8.86. The molecule has 156 valence electrons. The summed E-state index contributed by atoms with van der Waals surface area (Å²) in [4.78, 5) is 10.9. The summed E-state index contributed by atoms with van der Waals surface area (Å²) < 4.78 is 61.3. The van der Waals surface area contributed by atoms with Crippen LogP contribution >= 0.6 is 0 Å². The molecule has 29 heavy (non-hydrogen) atoms. The summed E-state index contributed by atoms with van der Waals surface area (Å²) in [7, 11) is 1.22. The summed E-state index contributed by atoms with van der Waals surface area (Å²) in [5, 5.41) is 10.9. The summed E-state index contributed by atoms with van der Waals surface area (Å²) in [6.07, 6.45) is -2.66. The normalized spacial score (nSPS) is 16.4. The molecule has 0 bridgehead atoms. The largest absolute Gasteiger partial charge is 0.496 e. The molecule has 2 unspecified atom stereocenters. The van der Waals surface area contributed by atoms with Crippen molar-refractivity contribution in [3.05, 3.63) is 53.9 Å². The maximum atomic E-state index is 14.2. The summed E-state index contributed by atoms with van der Waals surface area (Å²) in [5.41, 5.74) is -2.96. The minimum absolute atomic E-state index is 0.0906. The number of aromatic amines is 1. The van der Waals surface area contributed by atoms with E-state index in [2.05, 4.69) is 15.0 Å². The molecule has 9 heteroatoms. The Morgan fingerprint density at radius 3 is 2.52 bits per heavy atom. The van der Waals surface area contributed by atoms with Crippen LogP contribution in [0.5, 0.6) is 5.75 Å². The highest BCUT2D eigenvalue weighted by Gasteiger charge is 2.56. The van der Waals surface area contributed by atoms with Gasteiger partial charge in [0.2, 0.25) is 0 Å². The molecule has 2 aromatic heterocycles. The molecular weight excluding hydrogens is 390 g/mol. The van der Waals surface area contributed by atoms with Crippen LogP contribution in [0.4, 0.5) is 17.6 Å². The average molecular weight is 411 g/mol. The van der Waals surface area contributed by atoms with Crippen LogP contribution in [0.1, 0.15) is 31.5 Å². The van der Waals surface area contributed by atoms with E-state index in [1.165, 1.54) is 26.6 Å². The van der Waals surface area contributed by atoms with Gasteiger partial charge < -0.3 is 14.8 Å². The Morgan fingerprint density at radius 1 is 1.17 bits per heavy atom. The second-order valence-electron chi connectivity index (χ2n) is 7.64. The first kappa shape index (κ1) is 21.0. The Kier molecular flexibility index (Phi) is 5.29. The Morgan fingerprint density at radius 2 is 1.90 bits per heavy atom. The predicted molar refractivity (Wildman–Crippen MR) is 99.2 cm³/mol. The molecule has 0 saturated heterocycles. The molecule has 0 spiro atoms. The third-order valence-electron chi connectivity index (χ3n) is 5.04. The van der Waals surface area contributed by atoms with Crippen molar-refractivity contribution in [3.8, 4) is 5.75 Å². The third-order valence-corrected chi connectivity index (χ3v) is 5.04. The van der Waals surface area contributed by atoms with E-state index in [-0.39, 0.29) is 17.7 Å². The fraction of sp³-hybridized carbons (Fsp3) is 0.400. The number of methoxy groups -OCH3 is 1. The van der Waals surface area contributed by atoms with E-state index in [9.17, 15) is 22.7 Å². The van der Waals surface area contributed by atoms with Gasteiger partial charge in [-0.15, -0.1) is 0 Å². The van der Waals surface area contributed by atoms with Gasteiger partial charge in [0.25, 0.3) is 0 Å². The van der Waals surface area contributed by atoms with E-state index in [1.54, 1.807) is 6.07 Å². The Balaban J connectivity index is 1.98. The summed E-state index contributed by atoms with van der Waals surface area (Å²) in [6.45, 7) is 2.26. The first-order chi connectivity index (χ1) is 13.4. The van der Waals surface area contributed by atoms with Crippen LogP contribution in [0.3, 0.4) is 0 Å². The molecule has 0 aliphatic carbocycles. The molecule has 3 aromatic rings. The molecule has 0 saturated carbocycles. The van der Waals surface area contributed by atoms with Crippen LogP contribution in [-0.4, -0.2) is 38.9 Å². The van der Waals surface area contributed by atoms with E-state index >= 15 is 0 Å². The highest BCUT2D eigenvalue weighted by molar-refractivity contribution is 5.74. The molecule has 5 nitrogen and oxygen atoms in total. The van der Waals surface area contributed by atoms with E-state index in [1.807, 2.05) is 0 Å². The zero-order chi connectivity index (χ0) is 21.4. The van der Waals surface area contributed by atoms with Crippen LogP contribution in [0.2, 0.25) is 0 Å². The molecule has 0 aliphatic rings. The lowest BCUT2D eigenvalue weighted by molar-refractivity contribution is -0.200. The van der Waals surface area contributed by atoms with Crippen LogP contribution < -0.4 is 4.74 Å². The summed E-state index contributed by atoms with van der Waals surface area (Å²) in [6, 6.07) is 4.64. The molecule has 2 N–H and O–H groups in total. The number of ether oxygens (including phenoxy) is 1. The number of halogens is 4. The number of hydrogen-bond acceptors (Lipinski definition) is 4. The van der Waals surface area contributed by atoms with Gasteiger partial charge >= 0.3 is 6.18 Å². The minimum Gasteiger partial charge on any atom is -0.496 e. The van der Waals surface area contributed by atoms with Crippen LogP contribution in [0, 0.1) is 5.82 Å². The number of aliphatic hydroxyl groups is 1. The fourth-order valence-corrected chi connectivity index (χ4v) is 3.71. The molecule has 0 radical (unpaired) electrons. The zero-order valence-corrected chi connectivity index (χ0v) is 16.1. The second kappa shape index (κ2) is 7.29. The monoisotopic (exact) mass is 411 g/mol. The lowest BCUT2D eigenvalue weighted by Crippen LogP contribution is -2.47. The quantitative estimate of drug-likeness (QED) is 0.593. The number of nitrogens with zero attached hydrogens (tertiary/aromatic N) is 2. The molecule has 0 amide bonds. The number of rotatable bonds is 6. The Labute approximate surface area is 164 Å². The highest BCUT2D eigenvalue weighted by Crippen LogP contribution is 2.49. The number of nitrogens with one attached hydrogen (secondary N) is 1. The predicted octanol–water partition coefficient (Wildman–Crippen LogP) is 4.31. The van der Waals surface area contributed by atoms with Crippen molar-refractivity contribution in [1.29, 1.82) is 0 Å². The number of H-pyrrole nitrogens is 1. The molecule has 0 fully saturated rings. The molecular formula is C20H21F4N3O2. The van der Waals surface area contributed by atoms with Gasteiger partial charge in [0.15, 0.2) is 0 Å². The molecule has 2 atom stereocenters. The van der Waals surface area contributed by atoms with Gasteiger partial charge in [0, 0.05) is 17.7 Å². The van der Waals surface area contributed by atoms with Gasteiger partial charge in [-0.2, -0.15) is 13.2 Å². The lowest BCUT2D eigenvalue weighted by atomic mass is 9.72. The van der Waals surface area contributed by atoms with E-state index in [4.69, 9.17) is 4.74 Å². The van der Waals surface area contributed by atoms with Crippen LogP contribution in [0.15, 0.2) is 36.8 Å². The van der Waals surface area contributed by atoms with Crippen molar-refractivity contribution < 1.29 is 27.4 Å². The minimum atomic E-state index is -4.76. The van der Waals surface area contributed by atoms with Gasteiger partial charge in [-0.1, -0.05) is 0 Å². The van der Waals surface area contributed by atoms with Gasteiger partial charge in [0.05, 0.1) is 35.4 Å². The number of hydrogen-bond donors (Lipinski definition) is 2. The molecule has 3 rings (SSSR count). The van der Waals surface area contributed by atoms with Gasteiger partial charge in [-0.05, 0) is 44.5 Å². The van der Waals surface area contributed by atoms with Crippen molar-refractivity contribution in [1.82, 2.24) is 15.0 Å². The second-order valence-corrected chi connectivity index (χ2v) is 7.64. The Bertz CT molecular complexity index is 983. The number of aromatic nitrogens is 3. The van der Waals surface area contributed by atoms with Crippen LogP contribution in [-0.2, 0) is 11.8 Å². The van der Waals surface area contributed by atoms with Crippen molar-refractivity contribution in [3.63, 3.8) is 0 Å². The maximum absolute atomic E-state index is 14.2. The van der Waals surface area contributed by atoms with Crippen molar-refractivity contribution >= 4 is 11.0 Å². The zero-order valence-electron chi connectivity index (χ0n) is 16.1. The van der Waals surface area contributed by atoms with Crippen molar-refractivity contribution in [2.24, 2.45) is 0 Å². The standard InChI is InChI=1S/C20H21F4N3O2/c1-18(28,8-13-7-15-16(27-13)9-25-11-26-15)10-19(2,20(22,23)24)14-6-12(21)4-5-17(14)29-3/h4-7,9,11,27-28H,8,10H2,1-3H3. The molecule has 1 aromatic carbocycles. The SMILES string of the molecule is COc1ccc(F)cc1C(C)(CC(C)(O)Cc1cc2ncncc2[nH]1)C(F)(F)F. The van der Waals surface area contributed by atoms with E-state index in [0.29, 0.717) is 16.7 Å². The fourth-order valence-electron chi connectivity index (χ4n) is 3.71. The smallest absolute Gasteiger partial charge is 0.398 e. The average Bonchev–Trinajstić information content (AvgIpc) is 3.01. The third kappa shape index (κ3) is 4.19. The summed E-state index contributed by atoms with van der Waals surface area (Å²) in [5.74, 6) is -0.909. The Hall–Kier alpha value is -2.68. The summed E-state index contributed by atoms with van der Waals surface area (Å²) >= 11 is 0. The molecule has 2 heterocycles. The number of alkyl halides is 3. The first-order valence-corrected chi connectivity index (χ1v) is 8.86. The highest BCUT2D eigenvalue weighted by atomic mass is 19.4. The number of benzene rings is 1. The van der Waals surface area contributed by atoms with E-state index < -0.39 is 29.4 Å².